The zero-order valence-electron chi connectivity index (χ0n) is 12.2. The molecule has 1 aromatic rings. The van der Waals surface area contributed by atoms with Gasteiger partial charge in [-0.1, -0.05) is 13.0 Å². The Labute approximate surface area is 121 Å². The molecule has 0 unspecified atom stereocenters. The van der Waals surface area contributed by atoms with Crippen molar-refractivity contribution in [3.8, 4) is 0 Å². The van der Waals surface area contributed by atoms with E-state index in [1.54, 1.807) is 16.4 Å². The molecule has 112 valence electrons. The zero-order valence-corrected chi connectivity index (χ0v) is 13.0. The van der Waals surface area contributed by atoms with Crippen LogP contribution in [0, 0.1) is 6.92 Å². The molecule has 2 rings (SSSR count). The topological polar surface area (TPSA) is 66.6 Å². The molecular weight excluding hydrogens is 274 g/mol. The summed E-state index contributed by atoms with van der Waals surface area (Å²) < 4.78 is 26.8. The lowest BCUT2D eigenvalue weighted by Gasteiger charge is -2.33. The Hall–Kier alpha value is -0.950. The first-order valence-electron chi connectivity index (χ1n) is 7.01. The minimum Gasteiger partial charge on any atom is -0.326 e. The standard InChI is InChI=1S/C14H23N3O2S/c1-3-16-6-8-17(9-7-16)20(18,19)14-5-4-13(11-15)12(2)10-14/h4-5,10H,3,6-9,11,15H2,1-2H3. The third-order valence-electron chi connectivity index (χ3n) is 3.95. The Kier molecular flexibility index (Phi) is 4.80. The van der Waals surface area contributed by atoms with E-state index in [0.29, 0.717) is 24.5 Å². The maximum Gasteiger partial charge on any atom is 0.243 e. The van der Waals surface area contributed by atoms with Crippen molar-refractivity contribution < 1.29 is 8.42 Å². The molecule has 0 bridgehead atoms. The average Bonchev–Trinajstić information content (AvgIpc) is 2.47. The fourth-order valence-corrected chi connectivity index (χ4v) is 4.00. The number of likely N-dealkylation sites (N-methyl/N-ethyl adjacent to an activating group) is 1. The maximum absolute atomic E-state index is 12.6. The quantitative estimate of drug-likeness (QED) is 0.892. The maximum atomic E-state index is 12.6. The normalized spacial score (nSPS) is 18.4. The van der Waals surface area contributed by atoms with Gasteiger partial charge in [-0.3, -0.25) is 0 Å². The summed E-state index contributed by atoms with van der Waals surface area (Å²) in [5.41, 5.74) is 7.53. The molecule has 1 aliphatic rings. The summed E-state index contributed by atoms with van der Waals surface area (Å²) in [6.07, 6.45) is 0. The summed E-state index contributed by atoms with van der Waals surface area (Å²) in [4.78, 5) is 2.63. The van der Waals surface area contributed by atoms with Gasteiger partial charge >= 0.3 is 0 Å². The fourth-order valence-electron chi connectivity index (χ4n) is 2.49. The molecule has 0 radical (unpaired) electrons. The van der Waals surface area contributed by atoms with Crippen LogP contribution in [0.4, 0.5) is 0 Å². The van der Waals surface area contributed by atoms with Gasteiger partial charge in [0.2, 0.25) is 10.0 Å². The zero-order chi connectivity index (χ0) is 14.8. The van der Waals surface area contributed by atoms with Gasteiger partial charge in [0.05, 0.1) is 4.90 Å². The van der Waals surface area contributed by atoms with Gasteiger partial charge in [-0.15, -0.1) is 0 Å². The lowest BCUT2D eigenvalue weighted by Crippen LogP contribution is -2.48. The van der Waals surface area contributed by atoms with E-state index >= 15 is 0 Å². The summed E-state index contributed by atoms with van der Waals surface area (Å²) in [6.45, 7) is 8.13. The van der Waals surface area contributed by atoms with E-state index in [9.17, 15) is 8.42 Å². The first-order valence-corrected chi connectivity index (χ1v) is 8.45. The van der Waals surface area contributed by atoms with Crippen molar-refractivity contribution in [2.45, 2.75) is 25.3 Å². The van der Waals surface area contributed by atoms with E-state index in [1.807, 2.05) is 13.0 Å². The molecule has 0 aliphatic carbocycles. The van der Waals surface area contributed by atoms with Crippen LogP contribution in [0.2, 0.25) is 0 Å². The number of aryl methyl sites for hydroxylation is 1. The molecular formula is C14H23N3O2S. The van der Waals surface area contributed by atoms with Gasteiger partial charge in [-0.25, -0.2) is 8.42 Å². The van der Waals surface area contributed by atoms with Crippen LogP contribution in [0.15, 0.2) is 23.1 Å². The predicted octanol–water partition coefficient (Wildman–Crippen LogP) is 0.780. The highest BCUT2D eigenvalue weighted by Crippen LogP contribution is 2.20. The van der Waals surface area contributed by atoms with Crippen molar-refractivity contribution in [1.29, 1.82) is 0 Å². The van der Waals surface area contributed by atoms with E-state index in [-0.39, 0.29) is 0 Å². The van der Waals surface area contributed by atoms with Crippen molar-refractivity contribution in [2.24, 2.45) is 5.73 Å². The van der Waals surface area contributed by atoms with Crippen molar-refractivity contribution in [2.75, 3.05) is 32.7 Å². The lowest BCUT2D eigenvalue weighted by atomic mass is 10.1. The van der Waals surface area contributed by atoms with Crippen LogP contribution in [0.25, 0.3) is 0 Å². The number of sulfonamides is 1. The number of rotatable bonds is 4. The van der Waals surface area contributed by atoms with E-state index < -0.39 is 10.0 Å². The molecule has 1 saturated heterocycles. The Balaban J connectivity index is 2.20. The molecule has 0 amide bonds. The van der Waals surface area contributed by atoms with Gasteiger partial charge in [-0.2, -0.15) is 4.31 Å². The van der Waals surface area contributed by atoms with Gasteiger partial charge < -0.3 is 10.6 Å². The fraction of sp³-hybridized carbons (Fsp3) is 0.571. The second-order valence-corrected chi connectivity index (χ2v) is 7.07. The monoisotopic (exact) mass is 297 g/mol. The van der Waals surface area contributed by atoms with E-state index in [4.69, 9.17) is 5.73 Å². The molecule has 0 saturated carbocycles. The number of benzene rings is 1. The van der Waals surface area contributed by atoms with Crippen LogP contribution in [0.1, 0.15) is 18.1 Å². The first-order chi connectivity index (χ1) is 9.48. The lowest BCUT2D eigenvalue weighted by molar-refractivity contribution is 0.196. The highest BCUT2D eigenvalue weighted by molar-refractivity contribution is 7.89. The van der Waals surface area contributed by atoms with E-state index in [0.717, 1.165) is 30.8 Å². The smallest absolute Gasteiger partial charge is 0.243 e. The summed E-state index contributed by atoms with van der Waals surface area (Å²) in [5, 5.41) is 0. The minimum absolute atomic E-state index is 0.372. The van der Waals surface area contributed by atoms with Crippen LogP contribution in [0.5, 0.6) is 0 Å². The van der Waals surface area contributed by atoms with Crippen molar-refractivity contribution >= 4 is 10.0 Å². The number of nitrogens with two attached hydrogens (primary N) is 1. The predicted molar refractivity (Wildman–Crippen MR) is 79.9 cm³/mol. The summed E-state index contributed by atoms with van der Waals surface area (Å²) in [5.74, 6) is 0. The largest absolute Gasteiger partial charge is 0.326 e. The van der Waals surface area contributed by atoms with Gasteiger partial charge in [0.15, 0.2) is 0 Å². The van der Waals surface area contributed by atoms with Gasteiger partial charge in [0, 0.05) is 32.7 Å². The molecule has 1 heterocycles. The molecule has 1 aliphatic heterocycles. The SMILES string of the molecule is CCN1CCN(S(=O)(=O)c2ccc(CN)c(C)c2)CC1. The Morgan fingerprint density at radius 1 is 1.20 bits per heavy atom. The van der Waals surface area contributed by atoms with Crippen LogP contribution in [0.3, 0.4) is 0 Å². The van der Waals surface area contributed by atoms with Crippen LogP contribution in [-0.2, 0) is 16.6 Å². The first kappa shape index (κ1) is 15.4. The van der Waals surface area contributed by atoms with E-state index in [1.165, 1.54) is 0 Å². The summed E-state index contributed by atoms with van der Waals surface area (Å²) in [7, 11) is -3.38. The van der Waals surface area contributed by atoms with Gasteiger partial charge in [-0.05, 0) is 36.7 Å². The molecule has 2 N–H and O–H groups in total. The molecule has 0 atom stereocenters. The van der Waals surface area contributed by atoms with Crippen LogP contribution < -0.4 is 5.73 Å². The molecule has 6 heteroatoms. The van der Waals surface area contributed by atoms with Crippen molar-refractivity contribution in [3.63, 3.8) is 0 Å². The number of hydrogen-bond acceptors (Lipinski definition) is 4. The third kappa shape index (κ3) is 3.03. The molecule has 20 heavy (non-hydrogen) atoms. The number of piperazine rings is 1. The number of nitrogens with zero attached hydrogens (tertiary/aromatic N) is 2. The highest BCUT2D eigenvalue weighted by atomic mass is 32.2. The van der Waals surface area contributed by atoms with Gasteiger partial charge in [0.25, 0.3) is 0 Å². The summed E-state index contributed by atoms with van der Waals surface area (Å²) in [6, 6.07) is 5.20. The van der Waals surface area contributed by atoms with Gasteiger partial charge in [0.1, 0.15) is 0 Å². The molecule has 0 aromatic heterocycles. The van der Waals surface area contributed by atoms with Crippen LogP contribution >= 0.6 is 0 Å². The van der Waals surface area contributed by atoms with Crippen molar-refractivity contribution in [3.05, 3.63) is 29.3 Å². The Morgan fingerprint density at radius 2 is 1.85 bits per heavy atom. The summed E-state index contributed by atoms with van der Waals surface area (Å²) >= 11 is 0. The number of hydrogen-bond donors (Lipinski definition) is 1. The Bertz CT molecular complexity index is 564. The highest BCUT2D eigenvalue weighted by Gasteiger charge is 2.28. The Morgan fingerprint density at radius 3 is 2.35 bits per heavy atom. The molecule has 1 fully saturated rings. The van der Waals surface area contributed by atoms with Crippen LogP contribution in [-0.4, -0.2) is 50.3 Å². The van der Waals surface area contributed by atoms with Crippen molar-refractivity contribution in [1.82, 2.24) is 9.21 Å². The third-order valence-corrected chi connectivity index (χ3v) is 5.84. The second kappa shape index (κ2) is 6.22. The molecule has 1 aromatic carbocycles. The molecule has 5 nitrogen and oxygen atoms in total. The minimum atomic E-state index is -3.38. The average molecular weight is 297 g/mol. The molecule has 0 spiro atoms. The second-order valence-electron chi connectivity index (χ2n) is 5.13. The van der Waals surface area contributed by atoms with E-state index in [2.05, 4.69) is 11.8 Å².